The first-order chi connectivity index (χ1) is 12.1. The molecule has 0 aliphatic heterocycles. The second-order valence-electron chi connectivity index (χ2n) is 5.76. The highest BCUT2D eigenvalue weighted by Gasteiger charge is 2.15. The van der Waals surface area contributed by atoms with Crippen molar-refractivity contribution in [3.63, 3.8) is 0 Å². The first-order valence-corrected chi connectivity index (χ1v) is 8.72. The molecular weight excluding hydrogens is 332 g/mol. The number of thiazole rings is 1. The molecule has 6 heteroatoms. The molecular formula is C19H16N4OS. The Balaban J connectivity index is 1.61. The van der Waals surface area contributed by atoms with E-state index < -0.39 is 0 Å². The molecule has 0 fully saturated rings. The van der Waals surface area contributed by atoms with Crippen molar-refractivity contribution in [3.8, 4) is 5.69 Å². The summed E-state index contributed by atoms with van der Waals surface area (Å²) in [5.41, 5.74) is 3.91. The van der Waals surface area contributed by atoms with E-state index in [2.05, 4.69) is 15.4 Å². The van der Waals surface area contributed by atoms with Gasteiger partial charge in [-0.05, 0) is 44.2 Å². The van der Waals surface area contributed by atoms with Gasteiger partial charge in [0.2, 0.25) is 0 Å². The number of para-hydroxylation sites is 1. The number of aromatic nitrogens is 3. The van der Waals surface area contributed by atoms with Gasteiger partial charge in [0, 0.05) is 5.69 Å². The van der Waals surface area contributed by atoms with Crippen molar-refractivity contribution in [3.05, 3.63) is 71.0 Å². The lowest BCUT2D eigenvalue weighted by molar-refractivity contribution is 0.102. The molecule has 0 saturated carbocycles. The van der Waals surface area contributed by atoms with Crippen molar-refractivity contribution in [2.45, 2.75) is 13.8 Å². The van der Waals surface area contributed by atoms with Crippen LogP contribution in [-0.2, 0) is 0 Å². The summed E-state index contributed by atoms with van der Waals surface area (Å²) in [6, 6.07) is 15.5. The van der Waals surface area contributed by atoms with Crippen LogP contribution in [0.4, 0.5) is 5.69 Å². The molecule has 4 aromatic rings. The van der Waals surface area contributed by atoms with Gasteiger partial charge >= 0.3 is 0 Å². The third-order valence-corrected chi connectivity index (χ3v) is 4.96. The van der Waals surface area contributed by atoms with Gasteiger partial charge in [-0.1, -0.05) is 18.2 Å². The van der Waals surface area contributed by atoms with Crippen molar-refractivity contribution in [2.75, 3.05) is 5.32 Å². The predicted octanol–water partition coefficient (Wildman–Crippen LogP) is 4.35. The Kier molecular flexibility index (Phi) is 3.82. The average molecular weight is 348 g/mol. The summed E-state index contributed by atoms with van der Waals surface area (Å²) in [7, 11) is 0. The van der Waals surface area contributed by atoms with Crippen LogP contribution < -0.4 is 5.32 Å². The second-order valence-corrected chi connectivity index (χ2v) is 7.00. The van der Waals surface area contributed by atoms with Gasteiger partial charge in [-0.3, -0.25) is 4.79 Å². The lowest BCUT2D eigenvalue weighted by Gasteiger charge is -2.06. The molecule has 0 aliphatic carbocycles. The Morgan fingerprint density at radius 3 is 2.72 bits per heavy atom. The van der Waals surface area contributed by atoms with E-state index in [0.29, 0.717) is 5.56 Å². The molecule has 1 N–H and O–H groups in total. The average Bonchev–Trinajstić information content (AvgIpc) is 3.17. The summed E-state index contributed by atoms with van der Waals surface area (Å²) in [6.07, 6.45) is 1.60. The van der Waals surface area contributed by atoms with Crippen LogP contribution in [-0.4, -0.2) is 20.7 Å². The van der Waals surface area contributed by atoms with Crippen LogP contribution in [0.5, 0.6) is 0 Å². The van der Waals surface area contributed by atoms with E-state index in [1.54, 1.807) is 22.2 Å². The Morgan fingerprint density at radius 1 is 1.12 bits per heavy atom. The highest BCUT2D eigenvalue weighted by atomic mass is 32.1. The van der Waals surface area contributed by atoms with Gasteiger partial charge in [-0.25, -0.2) is 9.67 Å². The zero-order valence-corrected chi connectivity index (χ0v) is 14.7. The van der Waals surface area contributed by atoms with Gasteiger partial charge < -0.3 is 5.32 Å². The fourth-order valence-corrected chi connectivity index (χ4v) is 3.59. The van der Waals surface area contributed by atoms with Crippen LogP contribution >= 0.6 is 11.3 Å². The number of amides is 1. The zero-order valence-electron chi connectivity index (χ0n) is 13.9. The molecule has 1 amide bonds. The maximum Gasteiger partial charge on any atom is 0.259 e. The number of rotatable bonds is 3. The van der Waals surface area contributed by atoms with E-state index >= 15 is 0 Å². The maximum atomic E-state index is 12.6. The summed E-state index contributed by atoms with van der Waals surface area (Å²) in [4.78, 5) is 17.1. The standard InChI is InChI=1S/C19H16N4OS/c1-12-16(11-20-23(12)15-6-4-3-5-7-15)19(24)22-14-8-9-18-17(10-14)21-13(2)25-18/h3-11H,1-2H3,(H,22,24). The number of anilines is 1. The molecule has 0 saturated heterocycles. The Bertz CT molecular complexity index is 1070. The van der Waals surface area contributed by atoms with E-state index in [-0.39, 0.29) is 5.91 Å². The number of hydrogen-bond donors (Lipinski definition) is 1. The minimum atomic E-state index is -0.175. The van der Waals surface area contributed by atoms with Gasteiger partial charge in [0.15, 0.2) is 0 Å². The predicted molar refractivity (Wildman–Crippen MR) is 101 cm³/mol. The van der Waals surface area contributed by atoms with Gasteiger partial charge in [0.1, 0.15) is 0 Å². The SMILES string of the molecule is Cc1nc2cc(NC(=O)c3cnn(-c4ccccc4)c3C)ccc2s1. The third-order valence-electron chi connectivity index (χ3n) is 4.01. The van der Waals surface area contributed by atoms with Crippen LogP contribution in [0.25, 0.3) is 15.9 Å². The van der Waals surface area contributed by atoms with E-state index in [0.717, 1.165) is 32.3 Å². The number of carbonyl (C=O) groups excluding carboxylic acids is 1. The molecule has 0 bridgehead atoms. The number of aryl methyl sites for hydroxylation is 1. The summed E-state index contributed by atoms with van der Waals surface area (Å²) >= 11 is 1.64. The molecule has 5 nitrogen and oxygen atoms in total. The number of nitrogens with one attached hydrogen (secondary N) is 1. The van der Waals surface area contributed by atoms with Crippen LogP contribution in [0.2, 0.25) is 0 Å². The highest BCUT2D eigenvalue weighted by Crippen LogP contribution is 2.25. The summed E-state index contributed by atoms with van der Waals surface area (Å²) in [5.74, 6) is -0.175. The lowest BCUT2D eigenvalue weighted by Crippen LogP contribution is -2.13. The number of fused-ring (bicyclic) bond motifs is 1. The second kappa shape index (κ2) is 6.14. The molecule has 0 aliphatic rings. The normalized spacial score (nSPS) is 11.0. The largest absolute Gasteiger partial charge is 0.322 e. The number of carbonyl (C=O) groups is 1. The van der Waals surface area contributed by atoms with E-state index in [9.17, 15) is 4.79 Å². The quantitative estimate of drug-likeness (QED) is 0.599. The molecule has 25 heavy (non-hydrogen) atoms. The van der Waals surface area contributed by atoms with Crippen molar-refractivity contribution in [1.82, 2.24) is 14.8 Å². The van der Waals surface area contributed by atoms with Gasteiger partial charge in [0.05, 0.1) is 38.4 Å². The topological polar surface area (TPSA) is 59.8 Å². The highest BCUT2D eigenvalue weighted by molar-refractivity contribution is 7.18. The molecule has 0 radical (unpaired) electrons. The zero-order chi connectivity index (χ0) is 17.4. The van der Waals surface area contributed by atoms with Crippen molar-refractivity contribution in [2.24, 2.45) is 0 Å². The monoisotopic (exact) mass is 348 g/mol. The summed E-state index contributed by atoms with van der Waals surface area (Å²) < 4.78 is 2.88. The Hall–Kier alpha value is -2.99. The van der Waals surface area contributed by atoms with Crippen LogP contribution in [0, 0.1) is 13.8 Å². The molecule has 2 heterocycles. The van der Waals surface area contributed by atoms with Crippen LogP contribution in [0.15, 0.2) is 54.7 Å². The minimum absolute atomic E-state index is 0.175. The summed E-state index contributed by atoms with van der Waals surface area (Å²) in [5, 5.41) is 8.30. The third kappa shape index (κ3) is 2.92. The van der Waals surface area contributed by atoms with Gasteiger partial charge in [0.25, 0.3) is 5.91 Å². The first-order valence-electron chi connectivity index (χ1n) is 7.90. The number of benzene rings is 2. The fourth-order valence-electron chi connectivity index (χ4n) is 2.78. The van der Waals surface area contributed by atoms with E-state index in [1.807, 2.05) is 62.4 Å². The molecule has 2 aromatic carbocycles. The van der Waals surface area contributed by atoms with Gasteiger partial charge in [-0.2, -0.15) is 5.10 Å². The van der Waals surface area contributed by atoms with Crippen LogP contribution in [0.3, 0.4) is 0 Å². The van der Waals surface area contributed by atoms with Crippen LogP contribution in [0.1, 0.15) is 21.1 Å². The molecule has 0 spiro atoms. The molecule has 124 valence electrons. The Morgan fingerprint density at radius 2 is 1.92 bits per heavy atom. The van der Waals surface area contributed by atoms with E-state index in [4.69, 9.17) is 0 Å². The van der Waals surface area contributed by atoms with Crippen molar-refractivity contribution >= 4 is 33.1 Å². The minimum Gasteiger partial charge on any atom is -0.322 e. The summed E-state index contributed by atoms with van der Waals surface area (Å²) in [6.45, 7) is 3.87. The number of nitrogens with zero attached hydrogens (tertiary/aromatic N) is 3. The lowest BCUT2D eigenvalue weighted by atomic mass is 10.2. The molecule has 2 aromatic heterocycles. The fraction of sp³-hybridized carbons (Fsp3) is 0.105. The van der Waals surface area contributed by atoms with Gasteiger partial charge in [-0.15, -0.1) is 11.3 Å². The smallest absolute Gasteiger partial charge is 0.259 e. The van der Waals surface area contributed by atoms with Crippen molar-refractivity contribution < 1.29 is 4.79 Å². The molecule has 4 rings (SSSR count). The number of hydrogen-bond acceptors (Lipinski definition) is 4. The molecule has 0 unspecified atom stereocenters. The maximum absolute atomic E-state index is 12.6. The molecule has 0 atom stereocenters. The first kappa shape index (κ1) is 15.5. The van der Waals surface area contributed by atoms with E-state index in [1.165, 1.54) is 0 Å². The van der Waals surface area contributed by atoms with Crippen molar-refractivity contribution in [1.29, 1.82) is 0 Å². The Labute approximate surface area is 149 Å².